The van der Waals surface area contributed by atoms with E-state index in [2.05, 4.69) is 5.28 Å². The van der Waals surface area contributed by atoms with Gasteiger partial charge in [-0.1, -0.05) is 0 Å². The quantitative estimate of drug-likeness (QED) is 0.270. The van der Waals surface area contributed by atoms with E-state index in [0.717, 1.165) is 0 Å². The summed E-state index contributed by atoms with van der Waals surface area (Å²) < 4.78 is 0. The molecule has 0 rings (SSSR count). The van der Waals surface area contributed by atoms with E-state index in [0.29, 0.717) is 13.1 Å². The molecule has 0 aromatic carbocycles. The van der Waals surface area contributed by atoms with Crippen LogP contribution in [0.1, 0.15) is 13.8 Å². The van der Waals surface area contributed by atoms with Crippen molar-refractivity contribution in [1.29, 1.82) is 0 Å². The van der Waals surface area contributed by atoms with Crippen LogP contribution < -0.4 is 0 Å². The average Bonchev–Trinajstić information content (AvgIpc) is 1.90. The fraction of sp³-hybridized carbons (Fsp3) is 1.00. The molecule has 0 atom stereocenters. The molecule has 0 amide bonds. The van der Waals surface area contributed by atoms with Crippen LogP contribution in [0.15, 0.2) is 5.28 Å². The van der Waals surface area contributed by atoms with Crippen LogP contribution in [0, 0.1) is 5.21 Å². The molecule has 0 aliphatic heterocycles. The minimum atomic E-state index is 0. The van der Waals surface area contributed by atoms with Crippen LogP contribution in [-0.2, 0) is 0 Å². The van der Waals surface area contributed by atoms with Crippen LogP contribution in [0.2, 0.25) is 0 Å². The molecule has 1 N–H and O–H groups in total. The Labute approximate surface area is 82.1 Å². The van der Waals surface area contributed by atoms with E-state index < -0.39 is 0 Å². The zero-order chi connectivity index (χ0) is 7.28. The molecule has 0 saturated heterocycles. The van der Waals surface area contributed by atoms with E-state index >= 15 is 0 Å². The van der Waals surface area contributed by atoms with Crippen molar-refractivity contribution in [3.63, 3.8) is 0 Å². The second kappa shape index (κ2) is 7.11. The third-order valence-electron chi connectivity index (χ3n) is 1.05. The molecular formula is C4H12N3NaO2. The molecule has 0 aliphatic carbocycles. The van der Waals surface area contributed by atoms with E-state index in [1.807, 2.05) is 0 Å². The Morgan fingerprint density at radius 2 is 1.90 bits per heavy atom. The summed E-state index contributed by atoms with van der Waals surface area (Å²) >= 11 is 0. The average molecular weight is 157 g/mol. The predicted octanol–water partition coefficient (Wildman–Crippen LogP) is -0.0536. The van der Waals surface area contributed by atoms with Crippen molar-refractivity contribution in [2.24, 2.45) is 5.28 Å². The van der Waals surface area contributed by atoms with Gasteiger partial charge in [-0.3, -0.25) is 0 Å². The van der Waals surface area contributed by atoms with E-state index in [-0.39, 0.29) is 34.5 Å². The molecule has 0 unspecified atom stereocenters. The van der Waals surface area contributed by atoms with Crippen molar-refractivity contribution >= 4 is 29.6 Å². The second-order valence-electron chi connectivity index (χ2n) is 1.48. The number of nitrogens with zero attached hydrogens (tertiary/aromatic N) is 3. The number of hydrogen-bond acceptors (Lipinski definition) is 2. The van der Waals surface area contributed by atoms with Crippen LogP contribution in [0.25, 0.3) is 0 Å². The summed E-state index contributed by atoms with van der Waals surface area (Å²) in [5, 5.41) is 22.1. The van der Waals surface area contributed by atoms with Crippen molar-refractivity contribution in [3.8, 4) is 0 Å². The second-order valence-corrected chi connectivity index (χ2v) is 1.48. The Bertz CT molecular complexity index is 105. The van der Waals surface area contributed by atoms with Crippen LogP contribution >= 0.6 is 0 Å². The summed E-state index contributed by atoms with van der Waals surface area (Å²) in [6.45, 7) is 4.70. The van der Waals surface area contributed by atoms with Gasteiger partial charge in [0.05, 0.1) is 18.1 Å². The van der Waals surface area contributed by atoms with Gasteiger partial charge < -0.3 is 10.4 Å². The van der Waals surface area contributed by atoms with Crippen molar-refractivity contribution in [2.75, 3.05) is 13.1 Å². The first kappa shape index (κ1) is 12.7. The summed E-state index contributed by atoms with van der Waals surface area (Å²) in [4.78, 5) is 0.167. The molecule has 6 heteroatoms. The molecule has 5 nitrogen and oxygen atoms in total. The monoisotopic (exact) mass is 157 g/mol. The number of hydrazine groups is 1. The van der Waals surface area contributed by atoms with Gasteiger partial charge in [0.1, 0.15) is 0 Å². The molecular weight excluding hydrogens is 145 g/mol. The first-order chi connectivity index (χ1) is 4.26. The maximum absolute atomic E-state index is 10.4. The molecule has 0 aliphatic rings. The fourth-order valence-electron chi connectivity index (χ4n) is 0.522. The Morgan fingerprint density at radius 3 is 2.00 bits per heavy atom. The van der Waals surface area contributed by atoms with Crippen molar-refractivity contribution < 1.29 is 10.2 Å². The van der Waals surface area contributed by atoms with Gasteiger partial charge in [-0.15, -0.1) is 5.01 Å². The zero-order valence-corrected chi connectivity index (χ0v) is 5.61. The molecule has 0 saturated carbocycles. The summed E-state index contributed by atoms with van der Waals surface area (Å²) in [5.41, 5.74) is 0. The molecule has 0 heterocycles. The Hall–Kier alpha value is 0. The number of rotatable bonds is 3. The summed E-state index contributed by atoms with van der Waals surface area (Å²) in [6, 6.07) is 0. The standard InChI is InChI=1S/C4H11N3O2.Na.H/c1-3-6(4-2)7(9)5-8;;/h8H,3-4H2,1-2H3;;/b7-5-;;. The molecule has 0 aromatic heterocycles. The minimum absolute atomic E-state index is 0. The van der Waals surface area contributed by atoms with Crippen molar-refractivity contribution in [3.05, 3.63) is 5.21 Å². The van der Waals surface area contributed by atoms with Crippen LogP contribution in [0.3, 0.4) is 0 Å². The molecule has 10 heavy (non-hydrogen) atoms. The first-order valence-corrected chi connectivity index (χ1v) is 2.83. The van der Waals surface area contributed by atoms with Crippen LogP contribution in [0.5, 0.6) is 0 Å². The normalized spacial score (nSPS) is 10.4. The van der Waals surface area contributed by atoms with Gasteiger partial charge in [0.15, 0.2) is 0 Å². The SMILES string of the molecule is CCN(CC)/[N+]([O-])=N/O.[NaH]. The molecule has 0 fully saturated rings. The van der Waals surface area contributed by atoms with Crippen LogP contribution in [-0.4, -0.2) is 57.8 Å². The van der Waals surface area contributed by atoms with Crippen LogP contribution in [0.4, 0.5) is 0 Å². The van der Waals surface area contributed by atoms with E-state index in [4.69, 9.17) is 5.21 Å². The Kier molecular flexibility index (Phi) is 9.00. The van der Waals surface area contributed by atoms with Gasteiger partial charge in [-0.25, -0.2) is 0 Å². The first-order valence-electron chi connectivity index (χ1n) is 2.83. The Morgan fingerprint density at radius 1 is 1.50 bits per heavy atom. The van der Waals surface area contributed by atoms with E-state index in [1.165, 1.54) is 5.01 Å². The topological polar surface area (TPSA) is 61.9 Å². The molecule has 56 valence electrons. The summed E-state index contributed by atoms with van der Waals surface area (Å²) in [6.07, 6.45) is 0. The van der Waals surface area contributed by atoms with Gasteiger partial charge in [0, 0.05) is 0 Å². The summed E-state index contributed by atoms with van der Waals surface area (Å²) in [7, 11) is 0. The number of hydrogen-bond donors (Lipinski definition) is 1. The predicted molar refractivity (Wildman–Crippen MR) is 37.9 cm³/mol. The van der Waals surface area contributed by atoms with E-state index in [1.54, 1.807) is 13.8 Å². The van der Waals surface area contributed by atoms with Gasteiger partial charge >= 0.3 is 29.6 Å². The third kappa shape index (κ3) is 3.92. The molecule has 0 radical (unpaired) electrons. The van der Waals surface area contributed by atoms with E-state index in [9.17, 15) is 5.21 Å². The van der Waals surface area contributed by atoms with Crippen molar-refractivity contribution in [1.82, 2.24) is 5.01 Å². The van der Waals surface area contributed by atoms with Gasteiger partial charge in [-0.05, 0) is 13.8 Å². The van der Waals surface area contributed by atoms with Crippen molar-refractivity contribution in [2.45, 2.75) is 13.8 Å². The summed E-state index contributed by atoms with van der Waals surface area (Å²) in [5.74, 6) is 0. The molecule has 0 aromatic rings. The molecule has 0 spiro atoms. The molecule has 0 bridgehead atoms. The van der Waals surface area contributed by atoms with Gasteiger partial charge in [0.2, 0.25) is 5.28 Å². The zero-order valence-electron chi connectivity index (χ0n) is 5.61. The van der Waals surface area contributed by atoms with Gasteiger partial charge in [-0.2, -0.15) is 0 Å². The van der Waals surface area contributed by atoms with Gasteiger partial charge in [0.25, 0.3) is 0 Å². The third-order valence-corrected chi connectivity index (χ3v) is 1.05. The Balaban J connectivity index is 0. The fourth-order valence-corrected chi connectivity index (χ4v) is 0.522. The maximum atomic E-state index is 10.4.